The largest absolute Gasteiger partial charge is 0.466 e. The quantitative estimate of drug-likeness (QED) is 0.544. The van der Waals surface area contributed by atoms with E-state index in [0.717, 1.165) is 25.1 Å². The van der Waals surface area contributed by atoms with Crippen LogP contribution in [0.15, 0.2) is 71.3 Å². The van der Waals surface area contributed by atoms with E-state index in [4.69, 9.17) is 4.42 Å². The highest BCUT2D eigenvalue weighted by Crippen LogP contribution is 2.40. The number of hydrogen-bond acceptors (Lipinski definition) is 4. The van der Waals surface area contributed by atoms with Gasteiger partial charge in [0.05, 0.1) is 5.56 Å². The number of likely N-dealkylation sites (tertiary alicyclic amines) is 1. The molecule has 172 valence electrons. The van der Waals surface area contributed by atoms with Crippen LogP contribution in [-0.4, -0.2) is 34.8 Å². The van der Waals surface area contributed by atoms with E-state index in [2.05, 4.69) is 40.6 Å². The second-order valence-electron chi connectivity index (χ2n) is 9.02. The van der Waals surface area contributed by atoms with E-state index in [1.54, 1.807) is 44.3 Å². The maximum absolute atomic E-state index is 12.7. The van der Waals surface area contributed by atoms with Crippen LogP contribution in [0.5, 0.6) is 0 Å². The van der Waals surface area contributed by atoms with Crippen LogP contribution in [0.25, 0.3) is 11.6 Å². The first-order valence-electron chi connectivity index (χ1n) is 11.5. The van der Waals surface area contributed by atoms with E-state index in [-0.39, 0.29) is 11.8 Å². The first-order valence-corrected chi connectivity index (χ1v) is 11.5. The van der Waals surface area contributed by atoms with Crippen molar-refractivity contribution in [3.05, 3.63) is 95.1 Å². The summed E-state index contributed by atoms with van der Waals surface area (Å²) in [4.78, 5) is 31.4. The highest BCUT2D eigenvalue weighted by Gasteiger charge is 2.37. The van der Waals surface area contributed by atoms with Crippen molar-refractivity contribution in [2.45, 2.75) is 20.3 Å². The van der Waals surface area contributed by atoms with Gasteiger partial charge in [-0.2, -0.15) is 0 Å². The first-order chi connectivity index (χ1) is 16.5. The summed E-state index contributed by atoms with van der Waals surface area (Å²) in [6.07, 6.45) is 8.39. The Bertz CT molecular complexity index is 1270. The number of carbonyl (C=O) groups is 2. The predicted molar refractivity (Wildman–Crippen MR) is 132 cm³/mol. The lowest BCUT2D eigenvalue weighted by Gasteiger charge is -2.15. The maximum Gasteiger partial charge on any atom is 0.260 e. The Hall–Kier alpha value is -3.93. The normalized spacial score (nSPS) is 19.4. The van der Waals surface area contributed by atoms with Crippen molar-refractivity contribution < 1.29 is 14.0 Å². The number of amides is 2. The summed E-state index contributed by atoms with van der Waals surface area (Å²) < 4.78 is 5.41. The van der Waals surface area contributed by atoms with Crippen LogP contribution in [-0.2, 0) is 4.79 Å². The van der Waals surface area contributed by atoms with Gasteiger partial charge >= 0.3 is 0 Å². The van der Waals surface area contributed by atoms with E-state index in [0.29, 0.717) is 34.7 Å². The molecule has 1 N–H and O–H groups in total. The summed E-state index contributed by atoms with van der Waals surface area (Å²) in [6, 6.07) is 15.7. The topological polar surface area (TPSA) is 75.4 Å². The fourth-order valence-electron chi connectivity index (χ4n) is 4.85. The third-order valence-electron chi connectivity index (χ3n) is 6.58. The number of benzene rings is 1. The highest BCUT2D eigenvalue weighted by molar-refractivity contribution is 6.04. The molecular formula is C28H27N3O3. The zero-order valence-electron chi connectivity index (χ0n) is 19.3. The molecule has 2 amide bonds. The number of fused-ring (bicyclic) bond motifs is 1. The molecule has 5 rings (SSSR count). The van der Waals surface area contributed by atoms with Gasteiger partial charge in [0, 0.05) is 25.4 Å². The molecule has 6 nitrogen and oxygen atoms in total. The maximum atomic E-state index is 12.7. The van der Waals surface area contributed by atoms with Crippen molar-refractivity contribution in [2.24, 2.45) is 11.8 Å². The molecule has 3 aromatic rings. The van der Waals surface area contributed by atoms with Crippen LogP contribution in [0.2, 0.25) is 0 Å². The lowest BCUT2D eigenvalue weighted by atomic mass is 9.98. The molecule has 1 fully saturated rings. The fourth-order valence-corrected chi connectivity index (χ4v) is 4.85. The minimum Gasteiger partial charge on any atom is -0.466 e. The van der Waals surface area contributed by atoms with Crippen LogP contribution in [0, 0.1) is 25.7 Å². The summed E-state index contributed by atoms with van der Waals surface area (Å²) in [7, 11) is 0. The summed E-state index contributed by atoms with van der Waals surface area (Å²) in [5.41, 5.74) is 3.98. The number of pyridine rings is 1. The van der Waals surface area contributed by atoms with E-state index >= 15 is 0 Å². The van der Waals surface area contributed by atoms with Crippen molar-refractivity contribution in [3.63, 3.8) is 0 Å². The van der Waals surface area contributed by atoms with E-state index < -0.39 is 0 Å². The fraction of sp³-hybridized carbons (Fsp3) is 0.250. The molecule has 0 radical (unpaired) electrons. The molecule has 34 heavy (non-hydrogen) atoms. The van der Waals surface area contributed by atoms with Crippen LogP contribution < -0.4 is 5.32 Å². The molecule has 1 aliphatic heterocycles. The van der Waals surface area contributed by atoms with Crippen LogP contribution in [0.4, 0.5) is 5.82 Å². The third-order valence-corrected chi connectivity index (χ3v) is 6.58. The van der Waals surface area contributed by atoms with Crippen LogP contribution in [0.1, 0.15) is 39.4 Å². The number of nitrogens with zero attached hydrogens (tertiary/aromatic N) is 2. The molecule has 3 heterocycles. The van der Waals surface area contributed by atoms with Crippen molar-refractivity contribution in [1.82, 2.24) is 9.88 Å². The van der Waals surface area contributed by atoms with Gasteiger partial charge in [-0.1, -0.05) is 36.4 Å². The zero-order chi connectivity index (χ0) is 23.7. The Balaban J connectivity index is 1.16. The van der Waals surface area contributed by atoms with Gasteiger partial charge in [-0.05, 0) is 73.1 Å². The molecule has 1 saturated heterocycles. The molecule has 0 spiro atoms. The molecule has 2 unspecified atom stereocenters. The Kier molecular flexibility index (Phi) is 5.88. The molecule has 2 aromatic heterocycles. The van der Waals surface area contributed by atoms with Crippen molar-refractivity contribution in [2.75, 3.05) is 18.4 Å². The van der Waals surface area contributed by atoms with Crippen molar-refractivity contribution in [1.29, 1.82) is 0 Å². The number of hydrogen-bond donors (Lipinski definition) is 1. The zero-order valence-corrected chi connectivity index (χ0v) is 19.3. The number of aryl methyl sites for hydroxylation is 2. The minimum atomic E-state index is -0.260. The molecule has 2 atom stereocenters. The Morgan fingerprint density at radius 2 is 1.94 bits per heavy atom. The predicted octanol–water partition coefficient (Wildman–Crippen LogP) is 5.12. The van der Waals surface area contributed by atoms with Crippen LogP contribution in [0.3, 0.4) is 0 Å². The minimum absolute atomic E-state index is 0.0206. The number of anilines is 1. The standard InChI is InChI=1S/C28H27N3O3/c1-18-12-25(19(2)34-18)28(33)30-26-10-8-20(15-29-26)9-11-27(32)31-16-23-13-22(14-24(23)17-31)21-6-4-3-5-7-21/h3-13,15,23-24H,14,16-17H2,1-2H3,(H,29,30,33)/b11-9+. The van der Waals surface area contributed by atoms with Crippen molar-refractivity contribution >= 4 is 29.3 Å². The number of carbonyl (C=O) groups excluding carboxylic acids is 2. The number of furan rings is 1. The molecule has 0 saturated carbocycles. The second kappa shape index (κ2) is 9.14. The smallest absolute Gasteiger partial charge is 0.260 e. The molecule has 6 heteroatoms. The molecular weight excluding hydrogens is 426 g/mol. The monoisotopic (exact) mass is 453 g/mol. The lowest BCUT2D eigenvalue weighted by molar-refractivity contribution is -0.125. The molecule has 1 aliphatic carbocycles. The Labute approximate surface area is 199 Å². The summed E-state index contributed by atoms with van der Waals surface area (Å²) >= 11 is 0. The average Bonchev–Trinajstić information content (AvgIpc) is 3.51. The van der Waals surface area contributed by atoms with E-state index in [1.165, 1.54) is 11.1 Å². The van der Waals surface area contributed by atoms with Gasteiger partial charge in [-0.3, -0.25) is 9.59 Å². The van der Waals surface area contributed by atoms with E-state index in [1.807, 2.05) is 17.0 Å². The van der Waals surface area contributed by atoms with Gasteiger partial charge in [0.25, 0.3) is 5.91 Å². The summed E-state index contributed by atoms with van der Waals surface area (Å²) in [6.45, 7) is 5.11. The number of nitrogens with one attached hydrogen (secondary N) is 1. The lowest BCUT2D eigenvalue weighted by Crippen LogP contribution is -2.27. The van der Waals surface area contributed by atoms with Gasteiger partial charge in [-0.15, -0.1) is 0 Å². The Morgan fingerprint density at radius 1 is 1.12 bits per heavy atom. The Morgan fingerprint density at radius 3 is 2.62 bits per heavy atom. The molecule has 2 aliphatic rings. The van der Waals surface area contributed by atoms with Gasteiger partial charge in [0.15, 0.2) is 0 Å². The summed E-state index contributed by atoms with van der Waals surface area (Å²) in [5, 5.41) is 2.77. The molecule has 0 bridgehead atoms. The first kappa shape index (κ1) is 21.9. The molecule has 1 aromatic carbocycles. The number of allylic oxidation sites excluding steroid dienone is 1. The summed E-state index contributed by atoms with van der Waals surface area (Å²) in [5.74, 6) is 2.40. The van der Waals surface area contributed by atoms with Gasteiger partial charge < -0.3 is 14.6 Å². The number of rotatable bonds is 5. The van der Waals surface area contributed by atoms with Crippen molar-refractivity contribution in [3.8, 4) is 0 Å². The number of aromatic nitrogens is 1. The second-order valence-corrected chi connectivity index (χ2v) is 9.02. The average molecular weight is 454 g/mol. The highest BCUT2D eigenvalue weighted by atomic mass is 16.3. The SMILES string of the molecule is Cc1cc(C(=O)Nc2ccc(/C=C/C(=O)N3CC4C=C(c5ccccc5)CC4C3)cn2)c(C)o1. The van der Waals surface area contributed by atoms with Gasteiger partial charge in [-0.25, -0.2) is 4.98 Å². The van der Waals surface area contributed by atoms with E-state index in [9.17, 15) is 9.59 Å². The third kappa shape index (κ3) is 4.57. The van der Waals surface area contributed by atoms with Gasteiger partial charge in [0.2, 0.25) is 5.91 Å². The van der Waals surface area contributed by atoms with Crippen LogP contribution >= 0.6 is 0 Å². The van der Waals surface area contributed by atoms with Gasteiger partial charge in [0.1, 0.15) is 17.3 Å².